The first-order chi connectivity index (χ1) is 12.3. The molecule has 1 N–H and O–H groups in total. The van der Waals surface area contributed by atoms with Crippen LogP contribution in [0.2, 0.25) is 5.02 Å². The molecule has 0 saturated heterocycles. The number of carbonyl (C=O) groups excluding carboxylic acids is 1. The zero-order valence-corrected chi connectivity index (χ0v) is 15.8. The van der Waals surface area contributed by atoms with Crippen LogP contribution >= 0.6 is 11.6 Å². The zero-order chi connectivity index (χ0) is 19.3. The van der Waals surface area contributed by atoms with E-state index in [0.29, 0.717) is 11.4 Å². The van der Waals surface area contributed by atoms with Crippen molar-refractivity contribution >= 4 is 33.2 Å². The van der Waals surface area contributed by atoms with Crippen LogP contribution in [0.3, 0.4) is 0 Å². The normalized spacial score (nSPS) is 11.4. The van der Waals surface area contributed by atoms with Gasteiger partial charge < -0.3 is 10.1 Å². The predicted molar refractivity (Wildman–Crippen MR) is 97.5 cm³/mol. The maximum Gasteiger partial charge on any atom is 0.243 e. The highest BCUT2D eigenvalue weighted by atomic mass is 35.5. The Labute approximate surface area is 156 Å². The van der Waals surface area contributed by atoms with Gasteiger partial charge in [-0.3, -0.25) is 4.79 Å². The molecule has 26 heavy (non-hydrogen) atoms. The third kappa shape index (κ3) is 4.72. The van der Waals surface area contributed by atoms with Crippen LogP contribution in [0.5, 0.6) is 5.75 Å². The van der Waals surface area contributed by atoms with E-state index in [-0.39, 0.29) is 23.0 Å². The van der Waals surface area contributed by atoms with Gasteiger partial charge in [-0.25, -0.2) is 12.8 Å². The number of nitrogens with one attached hydrogen (secondary N) is 1. The van der Waals surface area contributed by atoms with E-state index in [1.54, 1.807) is 6.92 Å². The maximum atomic E-state index is 12.9. The minimum Gasteiger partial charge on any atom is -0.495 e. The molecule has 0 spiro atoms. The van der Waals surface area contributed by atoms with E-state index < -0.39 is 21.7 Å². The molecular weight excluding hydrogens is 383 g/mol. The fraction of sp³-hybridized carbons (Fsp3) is 0.235. The van der Waals surface area contributed by atoms with Gasteiger partial charge in [-0.1, -0.05) is 18.5 Å². The number of rotatable bonds is 7. The molecule has 2 aromatic rings. The number of carbonyl (C=O) groups is 1. The monoisotopic (exact) mass is 400 g/mol. The van der Waals surface area contributed by atoms with Crippen LogP contribution in [0.25, 0.3) is 0 Å². The first-order valence-corrected chi connectivity index (χ1v) is 9.49. The van der Waals surface area contributed by atoms with Crippen LogP contribution in [0, 0.1) is 5.82 Å². The number of amides is 1. The molecule has 1 amide bonds. The molecule has 0 aliphatic rings. The van der Waals surface area contributed by atoms with Gasteiger partial charge in [0.2, 0.25) is 15.9 Å². The van der Waals surface area contributed by atoms with E-state index in [1.165, 1.54) is 49.6 Å². The standard InChI is InChI=1S/C17H18ClFN2O4S/c1-3-21(11-17(22)20-13-6-4-12(19)5-7-13)26(23,24)14-8-9-16(25-2)15(18)10-14/h4-10H,3,11H2,1-2H3,(H,20,22). The first-order valence-electron chi connectivity index (χ1n) is 7.67. The summed E-state index contributed by atoms with van der Waals surface area (Å²) in [6, 6.07) is 9.26. The van der Waals surface area contributed by atoms with E-state index in [9.17, 15) is 17.6 Å². The number of likely N-dealkylation sites (N-methyl/N-ethyl adjacent to an activating group) is 1. The van der Waals surface area contributed by atoms with Crippen molar-refractivity contribution in [3.63, 3.8) is 0 Å². The van der Waals surface area contributed by atoms with E-state index in [2.05, 4.69) is 5.32 Å². The Morgan fingerprint density at radius 1 is 1.23 bits per heavy atom. The summed E-state index contributed by atoms with van der Waals surface area (Å²) in [5.41, 5.74) is 0.373. The van der Waals surface area contributed by atoms with Gasteiger partial charge in [0.15, 0.2) is 0 Å². The van der Waals surface area contributed by atoms with Gasteiger partial charge in [-0.05, 0) is 42.5 Å². The Morgan fingerprint density at radius 2 is 1.88 bits per heavy atom. The SMILES string of the molecule is CCN(CC(=O)Nc1ccc(F)cc1)S(=O)(=O)c1ccc(OC)c(Cl)c1. The third-order valence-electron chi connectivity index (χ3n) is 3.56. The summed E-state index contributed by atoms with van der Waals surface area (Å²) >= 11 is 5.99. The van der Waals surface area contributed by atoms with E-state index in [0.717, 1.165) is 4.31 Å². The molecular formula is C17H18ClFN2O4S. The molecule has 6 nitrogen and oxygen atoms in total. The fourth-order valence-corrected chi connectivity index (χ4v) is 3.97. The molecule has 0 radical (unpaired) electrons. The van der Waals surface area contributed by atoms with Crippen molar-refractivity contribution < 1.29 is 22.3 Å². The summed E-state index contributed by atoms with van der Waals surface area (Å²) in [6.45, 7) is 1.32. The molecule has 0 aliphatic heterocycles. The lowest BCUT2D eigenvalue weighted by Gasteiger charge is -2.20. The van der Waals surface area contributed by atoms with Crippen LogP contribution in [0.15, 0.2) is 47.4 Å². The Morgan fingerprint density at radius 3 is 2.42 bits per heavy atom. The summed E-state index contributed by atoms with van der Waals surface area (Å²) in [7, 11) is -2.50. The maximum absolute atomic E-state index is 12.9. The Balaban J connectivity index is 2.16. The molecule has 140 valence electrons. The molecule has 0 unspecified atom stereocenters. The van der Waals surface area contributed by atoms with E-state index in [1.807, 2.05) is 0 Å². The lowest BCUT2D eigenvalue weighted by Crippen LogP contribution is -2.37. The lowest BCUT2D eigenvalue weighted by atomic mass is 10.3. The summed E-state index contributed by atoms with van der Waals surface area (Å²) in [5, 5.41) is 2.68. The number of benzene rings is 2. The van der Waals surface area contributed by atoms with Gasteiger partial charge in [0.1, 0.15) is 11.6 Å². The number of ether oxygens (including phenoxy) is 1. The van der Waals surface area contributed by atoms with Crippen molar-refractivity contribution in [1.29, 1.82) is 0 Å². The molecule has 9 heteroatoms. The molecule has 0 aromatic heterocycles. The molecule has 0 fully saturated rings. The highest BCUT2D eigenvalue weighted by Gasteiger charge is 2.26. The molecule has 2 rings (SSSR count). The van der Waals surface area contributed by atoms with Crippen LogP contribution in [0.1, 0.15) is 6.92 Å². The number of hydrogen-bond acceptors (Lipinski definition) is 4. The van der Waals surface area contributed by atoms with E-state index in [4.69, 9.17) is 16.3 Å². The molecule has 0 atom stereocenters. The number of hydrogen-bond donors (Lipinski definition) is 1. The summed E-state index contributed by atoms with van der Waals surface area (Å²) in [6.07, 6.45) is 0. The molecule has 2 aromatic carbocycles. The van der Waals surface area contributed by atoms with Crippen molar-refractivity contribution in [3.8, 4) is 5.75 Å². The second-order valence-corrected chi connectivity index (χ2v) is 7.63. The quantitative estimate of drug-likeness (QED) is 0.774. The average Bonchev–Trinajstić information content (AvgIpc) is 2.61. The number of methoxy groups -OCH3 is 1. The topological polar surface area (TPSA) is 75.7 Å². The van der Waals surface area contributed by atoms with Crippen molar-refractivity contribution in [1.82, 2.24) is 4.31 Å². The number of halogens is 2. The molecule has 0 heterocycles. The third-order valence-corrected chi connectivity index (χ3v) is 5.77. The summed E-state index contributed by atoms with van der Waals surface area (Å²) < 4.78 is 44.4. The van der Waals surface area contributed by atoms with Gasteiger partial charge in [-0.2, -0.15) is 4.31 Å². The smallest absolute Gasteiger partial charge is 0.243 e. The van der Waals surface area contributed by atoms with Crippen molar-refractivity contribution in [2.75, 3.05) is 25.5 Å². The van der Waals surface area contributed by atoms with Crippen molar-refractivity contribution in [2.24, 2.45) is 0 Å². The van der Waals surface area contributed by atoms with Crippen LogP contribution in [0.4, 0.5) is 10.1 Å². The fourth-order valence-electron chi connectivity index (χ4n) is 2.22. The molecule has 0 bridgehead atoms. The number of nitrogens with zero attached hydrogens (tertiary/aromatic N) is 1. The van der Waals surface area contributed by atoms with E-state index >= 15 is 0 Å². The second kappa shape index (κ2) is 8.48. The average molecular weight is 401 g/mol. The highest BCUT2D eigenvalue weighted by Crippen LogP contribution is 2.28. The molecule has 0 aliphatic carbocycles. The van der Waals surface area contributed by atoms with Crippen molar-refractivity contribution in [3.05, 3.63) is 53.3 Å². The van der Waals surface area contributed by atoms with Crippen molar-refractivity contribution in [2.45, 2.75) is 11.8 Å². The minimum atomic E-state index is -3.92. The zero-order valence-electron chi connectivity index (χ0n) is 14.2. The Hall–Kier alpha value is -2.16. The largest absolute Gasteiger partial charge is 0.495 e. The number of sulfonamides is 1. The lowest BCUT2D eigenvalue weighted by molar-refractivity contribution is -0.116. The second-order valence-electron chi connectivity index (χ2n) is 5.28. The van der Waals surface area contributed by atoms with Crippen LogP contribution in [-0.4, -0.2) is 38.8 Å². The summed E-state index contributed by atoms with van der Waals surface area (Å²) in [5.74, 6) is -0.624. The van der Waals surface area contributed by atoms with Gasteiger partial charge in [0, 0.05) is 12.2 Å². The molecule has 0 saturated carbocycles. The van der Waals surface area contributed by atoms with Gasteiger partial charge in [0.05, 0.1) is 23.6 Å². The minimum absolute atomic E-state index is 0.0419. The first kappa shape index (κ1) is 20.2. The Bertz CT molecular complexity index is 888. The van der Waals surface area contributed by atoms with Crippen LogP contribution < -0.4 is 10.1 Å². The van der Waals surface area contributed by atoms with Crippen LogP contribution in [-0.2, 0) is 14.8 Å². The van der Waals surface area contributed by atoms with Gasteiger partial charge in [-0.15, -0.1) is 0 Å². The van der Waals surface area contributed by atoms with Gasteiger partial charge >= 0.3 is 0 Å². The highest BCUT2D eigenvalue weighted by molar-refractivity contribution is 7.89. The predicted octanol–water partition coefficient (Wildman–Crippen LogP) is 3.14. The Kier molecular flexibility index (Phi) is 6.57. The summed E-state index contributed by atoms with van der Waals surface area (Å²) in [4.78, 5) is 12.1. The van der Waals surface area contributed by atoms with Gasteiger partial charge in [0.25, 0.3) is 0 Å². The number of anilines is 1.